The zero-order valence-corrected chi connectivity index (χ0v) is 23.2. The molecule has 0 aliphatic carbocycles. The first kappa shape index (κ1) is 29.8. The molecule has 38 heavy (non-hydrogen) atoms. The monoisotopic (exact) mass is 543 g/mol. The molecule has 1 aliphatic rings. The average Bonchev–Trinajstić information content (AvgIpc) is 3.20. The van der Waals surface area contributed by atoms with Gasteiger partial charge in [0, 0.05) is 6.54 Å². The highest BCUT2D eigenvalue weighted by molar-refractivity contribution is 7.89. The molecule has 1 saturated heterocycles. The Morgan fingerprint density at radius 1 is 1.08 bits per heavy atom. The van der Waals surface area contributed by atoms with Crippen LogP contribution in [0, 0.1) is 5.92 Å². The SMILES string of the molecule is CCCc1ccc(S(=O)(=O)NC2(C(C)C)CCN(C(C(=O)N[C@@H](CC)B(O)O)c3ccccc3)C2=O)cc1. The summed E-state index contributed by atoms with van der Waals surface area (Å²) in [5.41, 5.74) is 0.118. The number of benzene rings is 2. The smallest absolute Gasteiger partial charge is 0.426 e. The second kappa shape index (κ2) is 12.4. The number of hydrogen-bond donors (Lipinski definition) is 4. The molecule has 0 radical (unpaired) electrons. The van der Waals surface area contributed by atoms with Crippen LogP contribution in [0.5, 0.6) is 0 Å². The largest absolute Gasteiger partial charge is 0.475 e. The molecule has 0 saturated carbocycles. The van der Waals surface area contributed by atoms with Crippen LogP contribution in [0.4, 0.5) is 0 Å². The molecule has 3 rings (SSSR count). The average molecular weight is 543 g/mol. The van der Waals surface area contributed by atoms with Gasteiger partial charge in [-0.3, -0.25) is 9.59 Å². The molecule has 1 fully saturated rings. The molecule has 1 aliphatic heterocycles. The molecule has 2 unspecified atom stereocenters. The molecule has 3 atom stereocenters. The van der Waals surface area contributed by atoms with Crippen LogP contribution in [-0.4, -0.2) is 60.3 Å². The van der Waals surface area contributed by atoms with E-state index in [0.717, 1.165) is 18.4 Å². The van der Waals surface area contributed by atoms with Crippen LogP contribution in [0.2, 0.25) is 0 Å². The summed E-state index contributed by atoms with van der Waals surface area (Å²) >= 11 is 0. The van der Waals surface area contributed by atoms with Gasteiger partial charge in [-0.25, -0.2) is 8.42 Å². The van der Waals surface area contributed by atoms with E-state index in [4.69, 9.17) is 0 Å². The molecule has 9 nitrogen and oxygen atoms in total. The fourth-order valence-electron chi connectivity index (χ4n) is 4.94. The molecule has 1 heterocycles. The lowest BCUT2D eigenvalue weighted by molar-refractivity contribution is -0.141. The second-order valence-corrected chi connectivity index (χ2v) is 11.8. The molecule has 0 aromatic heterocycles. The Morgan fingerprint density at radius 3 is 2.24 bits per heavy atom. The summed E-state index contributed by atoms with van der Waals surface area (Å²) in [6.45, 7) is 7.45. The summed E-state index contributed by atoms with van der Waals surface area (Å²) in [7, 11) is -5.81. The minimum absolute atomic E-state index is 0.0729. The fraction of sp³-hybridized carbons (Fsp3) is 0.481. The normalized spacial score (nSPS) is 19.4. The zero-order chi connectivity index (χ0) is 28.1. The van der Waals surface area contributed by atoms with Crippen LogP contribution in [0.15, 0.2) is 59.5 Å². The quantitative estimate of drug-likeness (QED) is 0.303. The van der Waals surface area contributed by atoms with Gasteiger partial charge >= 0.3 is 7.12 Å². The van der Waals surface area contributed by atoms with E-state index >= 15 is 0 Å². The minimum atomic E-state index is -4.04. The topological polar surface area (TPSA) is 136 Å². The van der Waals surface area contributed by atoms with E-state index in [0.29, 0.717) is 5.56 Å². The number of rotatable bonds is 12. The number of likely N-dealkylation sites (tertiary alicyclic amines) is 1. The lowest BCUT2D eigenvalue weighted by Gasteiger charge is -2.35. The summed E-state index contributed by atoms with van der Waals surface area (Å²) < 4.78 is 29.6. The van der Waals surface area contributed by atoms with E-state index in [1.807, 2.05) is 6.92 Å². The maximum atomic E-state index is 14.0. The van der Waals surface area contributed by atoms with Crippen molar-refractivity contribution in [2.45, 2.75) is 75.8 Å². The molecule has 206 valence electrons. The Morgan fingerprint density at radius 2 is 1.71 bits per heavy atom. The van der Waals surface area contributed by atoms with Crippen molar-refractivity contribution in [2.75, 3.05) is 6.54 Å². The van der Waals surface area contributed by atoms with Crippen molar-refractivity contribution in [2.24, 2.45) is 5.92 Å². The first-order valence-electron chi connectivity index (χ1n) is 13.1. The van der Waals surface area contributed by atoms with Crippen molar-refractivity contribution in [1.29, 1.82) is 0 Å². The van der Waals surface area contributed by atoms with Crippen LogP contribution < -0.4 is 10.0 Å². The number of nitrogens with zero attached hydrogens (tertiary/aromatic N) is 1. The van der Waals surface area contributed by atoms with Crippen molar-refractivity contribution >= 4 is 29.0 Å². The third-order valence-electron chi connectivity index (χ3n) is 7.27. The van der Waals surface area contributed by atoms with Gasteiger partial charge in [0.05, 0.1) is 10.8 Å². The number of aryl methyl sites for hydroxylation is 1. The van der Waals surface area contributed by atoms with Crippen LogP contribution in [0.3, 0.4) is 0 Å². The predicted molar refractivity (Wildman–Crippen MR) is 146 cm³/mol. The van der Waals surface area contributed by atoms with Crippen LogP contribution in [-0.2, 0) is 26.0 Å². The summed E-state index contributed by atoms with van der Waals surface area (Å²) in [5, 5.41) is 21.9. The van der Waals surface area contributed by atoms with E-state index in [2.05, 4.69) is 10.0 Å². The third-order valence-corrected chi connectivity index (χ3v) is 8.79. The Bertz CT molecular complexity index is 1210. The highest BCUT2D eigenvalue weighted by Crippen LogP contribution is 2.37. The van der Waals surface area contributed by atoms with E-state index in [-0.39, 0.29) is 24.3 Å². The highest BCUT2D eigenvalue weighted by Gasteiger charge is 2.54. The Balaban J connectivity index is 1.96. The fourth-order valence-corrected chi connectivity index (χ4v) is 6.45. The van der Waals surface area contributed by atoms with Crippen molar-refractivity contribution in [1.82, 2.24) is 14.9 Å². The first-order chi connectivity index (χ1) is 18.0. The first-order valence-corrected chi connectivity index (χ1v) is 14.6. The predicted octanol–water partition coefficient (Wildman–Crippen LogP) is 2.19. The number of carbonyl (C=O) groups excluding carboxylic acids is 2. The molecule has 11 heteroatoms. The van der Waals surface area contributed by atoms with E-state index in [1.54, 1.807) is 75.4 Å². The molecule has 4 N–H and O–H groups in total. The zero-order valence-electron chi connectivity index (χ0n) is 22.4. The van der Waals surface area contributed by atoms with Crippen molar-refractivity contribution in [3.63, 3.8) is 0 Å². The summed E-state index contributed by atoms with van der Waals surface area (Å²) in [6.07, 6.45) is 2.22. The number of hydrogen-bond acceptors (Lipinski definition) is 6. The molecule has 2 aromatic rings. The van der Waals surface area contributed by atoms with Gasteiger partial charge in [-0.05, 0) is 48.4 Å². The van der Waals surface area contributed by atoms with Gasteiger partial charge < -0.3 is 20.3 Å². The minimum Gasteiger partial charge on any atom is -0.426 e. The van der Waals surface area contributed by atoms with Gasteiger partial charge in [0.2, 0.25) is 21.8 Å². The van der Waals surface area contributed by atoms with Crippen LogP contribution in [0.1, 0.15) is 64.1 Å². The number of nitrogens with one attached hydrogen (secondary N) is 2. The van der Waals surface area contributed by atoms with Gasteiger partial charge in [-0.1, -0.05) is 76.6 Å². The van der Waals surface area contributed by atoms with Gasteiger partial charge in [0.1, 0.15) is 11.6 Å². The van der Waals surface area contributed by atoms with E-state index < -0.39 is 52.4 Å². The lowest BCUT2D eigenvalue weighted by Crippen LogP contribution is -2.58. The van der Waals surface area contributed by atoms with Crippen molar-refractivity contribution in [3.8, 4) is 0 Å². The molecule has 0 spiro atoms. The second-order valence-electron chi connectivity index (χ2n) is 10.1. The van der Waals surface area contributed by atoms with Gasteiger partial charge in [0.25, 0.3) is 0 Å². The Labute approximate surface area is 225 Å². The van der Waals surface area contributed by atoms with Crippen molar-refractivity contribution < 1.29 is 28.1 Å². The number of carbonyl (C=O) groups is 2. The van der Waals surface area contributed by atoms with Gasteiger partial charge in [0.15, 0.2) is 0 Å². The van der Waals surface area contributed by atoms with Crippen molar-refractivity contribution in [3.05, 3.63) is 65.7 Å². The van der Waals surface area contributed by atoms with Gasteiger partial charge in [-0.15, -0.1) is 0 Å². The van der Waals surface area contributed by atoms with E-state index in [1.165, 1.54) is 4.90 Å². The number of sulfonamides is 1. The molecular weight excluding hydrogens is 505 g/mol. The third kappa shape index (κ3) is 6.28. The molecule has 2 aromatic carbocycles. The van der Waals surface area contributed by atoms with Crippen LogP contribution in [0.25, 0.3) is 0 Å². The molecule has 2 amide bonds. The maximum Gasteiger partial charge on any atom is 0.475 e. The Hall–Kier alpha value is -2.73. The molecular formula is C27H38BN3O6S. The summed E-state index contributed by atoms with van der Waals surface area (Å²) in [5.74, 6) is -2.40. The van der Waals surface area contributed by atoms with Gasteiger partial charge in [-0.2, -0.15) is 4.72 Å². The number of amides is 2. The van der Waals surface area contributed by atoms with E-state index in [9.17, 15) is 28.1 Å². The summed E-state index contributed by atoms with van der Waals surface area (Å²) in [6, 6.07) is 14.3. The maximum absolute atomic E-state index is 14.0. The summed E-state index contributed by atoms with van der Waals surface area (Å²) in [4.78, 5) is 29.0. The Kier molecular flexibility index (Phi) is 9.75. The highest BCUT2D eigenvalue weighted by atomic mass is 32.2. The van der Waals surface area contributed by atoms with Crippen LogP contribution >= 0.6 is 0 Å². The molecule has 0 bridgehead atoms. The standard InChI is InChI=1S/C27H38BN3O6S/c1-5-10-20-13-15-22(16-14-20)38(36,37)30-27(19(3)4)17-18-31(26(27)33)24(21-11-8-7-9-12-21)25(32)29-23(6-2)28(34)35/h7-9,11-16,19,23-24,30,34-35H,5-6,10,17-18H2,1-4H3,(H,29,32)/t23-,24?,27?/m0/s1. The lowest BCUT2D eigenvalue weighted by atomic mass is 9.77.